The lowest BCUT2D eigenvalue weighted by Crippen LogP contribution is -2.36. The second kappa shape index (κ2) is 12.4. The Balaban J connectivity index is 0.00000420. The number of nitrogens with zero attached hydrogens (tertiary/aromatic N) is 1. The van der Waals surface area contributed by atoms with Crippen LogP contribution < -0.4 is 15.4 Å². The Morgan fingerprint density at radius 2 is 1.59 bits per heavy atom. The molecule has 0 aromatic heterocycles. The van der Waals surface area contributed by atoms with E-state index in [0.717, 1.165) is 16.7 Å². The van der Waals surface area contributed by atoms with Crippen LogP contribution in [0.2, 0.25) is 5.02 Å². The average molecular weight is 551 g/mol. The van der Waals surface area contributed by atoms with Gasteiger partial charge < -0.3 is 10.6 Å². The number of rotatable bonds is 8. The first-order chi connectivity index (χ1) is 13.3. The minimum atomic E-state index is -3.38. The maximum atomic E-state index is 12.3. The maximum Gasteiger partial charge on any atom is 0.216 e. The van der Waals surface area contributed by atoms with Crippen LogP contribution in [0.3, 0.4) is 0 Å². The van der Waals surface area contributed by atoms with Crippen molar-refractivity contribution in [3.63, 3.8) is 0 Å². The molecule has 0 amide bonds. The van der Waals surface area contributed by atoms with E-state index in [1.165, 1.54) is 0 Å². The van der Waals surface area contributed by atoms with Crippen molar-refractivity contribution in [2.75, 3.05) is 7.05 Å². The normalized spacial score (nSPS) is 11.8. The van der Waals surface area contributed by atoms with E-state index >= 15 is 0 Å². The van der Waals surface area contributed by atoms with Crippen LogP contribution in [0.1, 0.15) is 30.5 Å². The molecule has 6 nitrogen and oxygen atoms in total. The van der Waals surface area contributed by atoms with Crippen molar-refractivity contribution in [2.24, 2.45) is 4.99 Å². The zero-order chi connectivity index (χ0) is 20.6. The van der Waals surface area contributed by atoms with Crippen LogP contribution >= 0.6 is 35.6 Å². The van der Waals surface area contributed by atoms with Crippen LogP contribution in [0.4, 0.5) is 0 Å². The number of nitrogens with one attached hydrogen (secondary N) is 3. The molecule has 160 valence electrons. The molecule has 0 unspecified atom stereocenters. The molecule has 0 bridgehead atoms. The zero-order valence-electron chi connectivity index (χ0n) is 16.8. The predicted molar refractivity (Wildman–Crippen MR) is 131 cm³/mol. The molecule has 3 N–H and O–H groups in total. The number of guanidine groups is 1. The van der Waals surface area contributed by atoms with Crippen LogP contribution in [0.15, 0.2) is 53.5 Å². The first-order valence-electron chi connectivity index (χ1n) is 9.05. The quantitative estimate of drug-likeness (QED) is 0.266. The second-order valence-electron chi connectivity index (χ2n) is 6.71. The highest BCUT2D eigenvalue weighted by atomic mass is 127. The van der Waals surface area contributed by atoms with Gasteiger partial charge in [0.05, 0.1) is 5.75 Å². The predicted octanol–water partition coefficient (Wildman–Crippen LogP) is 3.65. The number of sulfonamides is 1. The Bertz CT molecular complexity index is 903. The van der Waals surface area contributed by atoms with E-state index in [4.69, 9.17) is 11.6 Å². The van der Waals surface area contributed by atoms with Gasteiger partial charge in [0.1, 0.15) is 0 Å². The third-order valence-electron chi connectivity index (χ3n) is 3.92. The maximum absolute atomic E-state index is 12.3. The van der Waals surface area contributed by atoms with E-state index in [0.29, 0.717) is 24.1 Å². The molecule has 0 aliphatic rings. The molecule has 0 fully saturated rings. The largest absolute Gasteiger partial charge is 0.352 e. The molecule has 0 spiro atoms. The second-order valence-corrected chi connectivity index (χ2v) is 8.90. The van der Waals surface area contributed by atoms with Gasteiger partial charge in [-0.05, 0) is 42.7 Å². The Morgan fingerprint density at radius 1 is 1.00 bits per heavy atom. The van der Waals surface area contributed by atoms with Crippen LogP contribution in [-0.4, -0.2) is 27.5 Å². The smallest absolute Gasteiger partial charge is 0.216 e. The van der Waals surface area contributed by atoms with E-state index in [9.17, 15) is 8.42 Å². The Labute approximate surface area is 195 Å². The third kappa shape index (κ3) is 9.33. The van der Waals surface area contributed by atoms with Gasteiger partial charge in [0, 0.05) is 31.2 Å². The van der Waals surface area contributed by atoms with Gasteiger partial charge in [0.15, 0.2) is 5.96 Å². The molecular formula is C20H28ClIN4O2S. The highest BCUT2D eigenvalue weighted by molar-refractivity contribution is 14.0. The van der Waals surface area contributed by atoms with E-state index in [2.05, 4.69) is 20.3 Å². The molecule has 0 radical (unpaired) electrons. The molecule has 2 aromatic rings. The van der Waals surface area contributed by atoms with Crippen molar-refractivity contribution < 1.29 is 8.42 Å². The number of benzene rings is 2. The topological polar surface area (TPSA) is 82.6 Å². The summed E-state index contributed by atoms with van der Waals surface area (Å²) < 4.78 is 27.1. The summed E-state index contributed by atoms with van der Waals surface area (Å²) in [4.78, 5) is 4.22. The van der Waals surface area contributed by atoms with Crippen molar-refractivity contribution in [2.45, 2.75) is 38.7 Å². The zero-order valence-corrected chi connectivity index (χ0v) is 20.7. The third-order valence-corrected chi connectivity index (χ3v) is 5.70. The summed E-state index contributed by atoms with van der Waals surface area (Å²) in [6, 6.07) is 14.9. The van der Waals surface area contributed by atoms with Crippen molar-refractivity contribution in [3.05, 3.63) is 70.2 Å². The van der Waals surface area contributed by atoms with E-state index in [1.807, 2.05) is 48.5 Å². The molecular weight excluding hydrogens is 523 g/mol. The summed E-state index contributed by atoms with van der Waals surface area (Å²) in [5.41, 5.74) is 2.75. The summed E-state index contributed by atoms with van der Waals surface area (Å²) in [6.07, 6.45) is 0. The molecule has 0 aliphatic heterocycles. The van der Waals surface area contributed by atoms with Crippen LogP contribution in [0.25, 0.3) is 0 Å². The fraction of sp³-hybridized carbons (Fsp3) is 0.350. The molecule has 0 atom stereocenters. The monoisotopic (exact) mass is 550 g/mol. The standard InChI is InChI=1S/C20H27ClN4O2S.HI/c1-15(2)25-28(26,27)14-18-7-5-4-6-17(18)13-24-20(22-3)23-12-16-8-10-19(21)11-9-16;/h4-11,15,25H,12-14H2,1-3H3,(H2,22,23,24);1H. The average Bonchev–Trinajstić information content (AvgIpc) is 2.63. The highest BCUT2D eigenvalue weighted by Gasteiger charge is 2.15. The first-order valence-corrected chi connectivity index (χ1v) is 11.1. The van der Waals surface area contributed by atoms with Crippen molar-refractivity contribution >= 4 is 51.6 Å². The minimum absolute atomic E-state index is 0. The molecule has 0 saturated carbocycles. The van der Waals surface area contributed by atoms with Gasteiger partial charge in [-0.2, -0.15) is 0 Å². The molecule has 9 heteroatoms. The Morgan fingerprint density at radius 3 is 2.17 bits per heavy atom. The van der Waals surface area contributed by atoms with Gasteiger partial charge in [-0.15, -0.1) is 24.0 Å². The highest BCUT2D eigenvalue weighted by Crippen LogP contribution is 2.13. The van der Waals surface area contributed by atoms with E-state index in [-0.39, 0.29) is 35.8 Å². The van der Waals surface area contributed by atoms with Gasteiger partial charge in [-0.25, -0.2) is 13.1 Å². The fourth-order valence-corrected chi connectivity index (χ4v) is 4.28. The van der Waals surface area contributed by atoms with Gasteiger partial charge in [-0.1, -0.05) is 48.0 Å². The van der Waals surface area contributed by atoms with Gasteiger partial charge >= 0.3 is 0 Å². The van der Waals surface area contributed by atoms with E-state index < -0.39 is 10.0 Å². The van der Waals surface area contributed by atoms with Crippen molar-refractivity contribution in [3.8, 4) is 0 Å². The number of hydrogen-bond acceptors (Lipinski definition) is 3. The van der Waals surface area contributed by atoms with Crippen molar-refractivity contribution in [1.82, 2.24) is 15.4 Å². The molecule has 0 aliphatic carbocycles. The summed E-state index contributed by atoms with van der Waals surface area (Å²) in [5.74, 6) is 0.577. The number of halogens is 2. The van der Waals surface area contributed by atoms with Crippen LogP contribution in [0.5, 0.6) is 0 Å². The lowest BCUT2D eigenvalue weighted by Gasteiger charge is -2.15. The number of aliphatic imine (C=N–C) groups is 1. The van der Waals surface area contributed by atoms with Crippen LogP contribution in [-0.2, 0) is 28.9 Å². The summed E-state index contributed by atoms with van der Waals surface area (Å²) in [5, 5.41) is 7.17. The lowest BCUT2D eigenvalue weighted by atomic mass is 10.1. The Kier molecular flexibility index (Phi) is 10.9. The lowest BCUT2D eigenvalue weighted by molar-refractivity contribution is 0.568. The minimum Gasteiger partial charge on any atom is -0.352 e. The Hall–Kier alpha value is -1.36. The SMILES string of the molecule is CN=C(NCc1ccc(Cl)cc1)NCc1ccccc1CS(=O)(=O)NC(C)C.I. The summed E-state index contributed by atoms with van der Waals surface area (Å²) >= 11 is 5.90. The first kappa shape index (κ1) is 25.7. The summed E-state index contributed by atoms with van der Waals surface area (Å²) in [7, 11) is -1.69. The molecule has 0 heterocycles. The molecule has 2 rings (SSSR count). The van der Waals surface area contributed by atoms with Gasteiger partial charge in [0.2, 0.25) is 10.0 Å². The van der Waals surface area contributed by atoms with E-state index in [1.54, 1.807) is 20.9 Å². The molecule has 29 heavy (non-hydrogen) atoms. The number of hydrogen-bond donors (Lipinski definition) is 3. The molecule has 0 saturated heterocycles. The van der Waals surface area contributed by atoms with Crippen LogP contribution in [0, 0.1) is 0 Å². The fourth-order valence-electron chi connectivity index (χ4n) is 2.66. The molecule has 2 aromatic carbocycles. The van der Waals surface area contributed by atoms with Gasteiger partial charge in [0.25, 0.3) is 0 Å². The summed E-state index contributed by atoms with van der Waals surface area (Å²) in [6.45, 7) is 4.68. The van der Waals surface area contributed by atoms with Gasteiger partial charge in [-0.3, -0.25) is 4.99 Å². The van der Waals surface area contributed by atoms with Crippen molar-refractivity contribution in [1.29, 1.82) is 0 Å².